The second-order valence-corrected chi connectivity index (χ2v) is 12.1. The van der Waals surface area contributed by atoms with Crippen LogP contribution in [0.4, 0.5) is 0 Å². The molecule has 0 N–H and O–H groups in total. The van der Waals surface area contributed by atoms with E-state index in [1.165, 1.54) is 0 Å². The zero-order chi connectivity index (χ0) is 31.5. The summed E-state index contributed by atoms with van der Waals surface area (Å²) in [6.45, 7) is 2.10. The molecule has 9 rings (SSSR count). The number of nitrogens with zero attached hydrogens (tertiary/aromatic N) is 4. The molecule has 47 heavy (non-hydrogen) atoms. The quantitative estimate of drug-likeness (QED) is 0.195. The highest BCUT2D eigenvalue weighted by molar-refractivity contribution is 6.36. The highest BCUT2D eigenvalue weighted by atomic mass is 35.5. The van der Waals surface area contributed by atoms with E-state index >= 15 is 0 Å². The second kappa shape index (κ2) is 10.9. The number of fused-ring (bicyclic) bond motifs is 5. The van der Waals surface area contributed by atoms with Crippen molar-refractivity contribution in [3.8, 4) is 45.4 Å². The maximum absolute atomic E-state index is 6.72. The maximum Gasteiger partial charge on any atom is 0.164 e. The molecule has 0 aliphatic rings. The lowest BCUT2D eigenvalue weighted by atomic mass is 9.93. The van der Waals surface area contributed by atoms with Gasteiger partial charge >= 0.3 is 0 Å². The first-order valence-corrected chi connectivity index (χ1v) is 15.8. The molecule has 3 aromatic heterocycles. The SMILES string of the molecule is Cc1ccc2c(-c3nc(-c4ccccc4)nc(-c4ccccc4)n3)ccc(-c3ncc(Cl)c4oc5cc6ccccc6cc5c34)c2c1. The Morgan fingerprint density at radius 3 is 1.87 bits per heavy atom. The lowest BCUT2D eigenvalue weighted by Crippen LogP contribution is -2.01. The van der Waals surface area contributed by atoms with Crippen LogP contribution >= 0.6 is 11.6 Å². The molecule has 0 spiro atoms. The van der Waals surface area contributed by atoms with Crippen molar-refractivity contribution in [2.24, 2.45) is 0 Å². The smallest absolute Gasteiger partial charge is 0.164 e. The third-order valence-corrected chi connectivity index (χ3v) is 8.95. The van der Waals surface area contributed by atoms with Gasteiger partial charge in [-0.15, -0.1) is 0 Å². The minimum Gasteiger partial charge on any atom is -0.454 e. The predicted molar refractivity (Wildman–Crippen MR) is 191 cm³/mol. The molecule has 0 unspecified atom stereocenters. The van der Waals surface area contributed by atoms with Gasteiger partial charge in [0.15, 0.2) is 23.1 Å². The second-order valence-electron chi connectivity index (χ2n) is 11.7. The van der Waals surface area contributed by atoms with E-state index in [2.05, 4.69) is 61.5 Å². The van der Waals surface area contributed by atoms with Gasteiger partial charge in [-0.25, -0.2) is 15.0 Å². The Balaban J connectivity index is 1.31. The Morgan fingerprint density at radius 2 is 1.17 bits per heavy atom. The summed E-state index contributed by atoms with van der Waals surface area (Å²) in [5, 5.41) is 6.64. The van der Waals surface area contributed by atoms with E-state index in [-0.39, 0.29) is 0 Å². The first-order valence-electron chi connectivity index (χ1n) is 15.4. The van der Waals surface area contributed by atoms with E-state index in [9.17, 15) is 0 Å². The number of hydrogen-bond donors (Lipinski definition) is 0. The molecule has 0 saturated carbocycles. The van der Waals surface area contributed by atoms with Crippen molar-refractivity contribution in [1.82, 2.24) is 19.9 Å². The fourth-order valence-corrected chi connectivity index (χ4v) is 6.61. The summed E-state index contributed by atoms with van der Waals surface area (Å²) in [4.78, 5) is 19.9. The molecule has 222 valence electrons. The number of benzene rings is 6. The maximum atomic E-state index is 6.72. The standard InChI is InChI=1S/C41H25ClN4O/c1-24-16-17-29-31(41-45-39(25-10-4-2-5-11-25)44-40(46-41)26-12-6-3-7-13-26)19-18-30(32(29)20-24)37-36-33-21-27-14-8-9-15-28(27)22-35(33)47-38(36)34(42)23-43-37/h2-23H,1H3. The van der Waals surface area contributed by atoms with E-state index in [1.807, 2.05) is 72.8 Å². The van der Waals surface area contributed by atoms with Crippen LogP contribution in [0.3, 0.4) is 0 Å². The summed E-state index contributed by atoms with van der Waals surface area (Å²) in [6.07, 6.45) is 1.68. The highest BCUT2D eigenvalue weighted by Crippen LogP contribution is 2.43. The summed E-state index contributed by atoms with van der Waals surface area (Å²) in [5.41, 5.74) is 7.10. The van der Waals surface area contributed by atoms with Crippen LogP contribution < -0.4 is 0 Å². The fourth-order valence-electron chi connectivity index (χ4n) is 6.43. The van der Waals surface area contributed by atoms with Gasteiger partial charge in [0.1, 0.15) is 10.6 Å². The number of halogens is 1. The molecule has 0 atom stereocenters. The number of rotatable bonds is 4. The third kappa shape index (κ3) is 4.63. The van der Waals surface area contributed by atoms with Crippen molar-refractivity contribution in [2.75, 3.05) is 0 Å². The van der Waals surface area contributed by atoms with E-state index in [1.54, 1.807) is 6.20 Å². The molecule has 6 aromatic carbocycles. The number of aromatic nitrogens is 4. The van der Waals surface area contributed by atoms with Gasteiger partial charge in [-0.3, -0.25) is 4.98 Å². The van der Waals surface area contributed by atoms with Gasteiger partial charge in [-0.2, -0.15) is 0 Å². The van der Waals surface area contributed by atoms with Crippen LogP contribution in [0.5, 0.6) is 0 Å². The fraction of sp³-hybridized carbons (Fsp3) is 0.0244. The van der Waals surface area contributed by atoms with Gasteiger partial charge in [0, 0.05) is 27.6 Å². The van der Waals surface area contributed by atoms with Crippen LogP contribution in [0.15, 0.2) is 138 Å². The third-order valence-electron chi connectivity index (χ3n) is 8.68. The molecule has 0 bridgehead atoms. The Bertz CT molecular complexity index is 2590. The van der Waals surface area contributed by atoms with Gasteiger partial charge in [-0.1, -0.05) is 126 Å². The Morgan fingerprint density at radius 1 is 0.553 bits per heavy atom. The first-order chi connectivity index (χ1) is 23.1. The average molecular weight is 625 g/mol. The molecule has 5 nitrogen and oxygen atoms in total. The Hall–Kier alpha value is -5.91. The van der Waals surface area contributed by atoms with Gasteiger partial charge in [0.2, 0.25) is 0 Å². The van der Waals surface area contributed by atoms with E-state index in [0.29, 0.717) is 28.1 Å². The van der Waals surface area contributed by atoms with Crippen LogP contribution in [-0.2, 0) is 0 Å². The normalized spacial score (nSPS) is 11.6. The van der Waals surface area contributed by atoms with Gasteiger partial charge in [0.05, 0.1) is 17.3 Å². The minimum absolute atomic E-state index is 0.480. The molecule has 9 aromatic rings. The zero-order valence-electron chi connectivity index (χ0n) is 25.3. The predicted octanol–water partition coefficient (Wildman–Crippen LogP) is 11.1. The highest BCUT2D eigenvalue weighted by Gasteiger charge is 2.21. The zero-order valence-corrected chi connectivity index (χ0v) is 26.0. The molecule has 0 saturated heterocycles. The summed E-state index contributed by atoms with van der Waals surface area (Å²) < 4.78 is 6.39. The van der Waals surface area contributed by atoms with Crippen molar-refractivity contribution < 1.29 is 4.42 Å². The van der Waals surface area contributed by atoms with Crippen LogP contribution in [0.2, 0.25) is 5.02 Å². The summed E-state index contributed by atoms with van der Waals surface area (Å²) in [6, 6.07) is 43.2. The minimum atomic E-state index is 0.480. The van der Waals surface area contributed by atoms with Crippen molar-refractivity contribution >= 4 is 55.1 Å². The van der Waals surface area contributed by atoms with Crippen LogP contribution in [0.25, 0.3) is 88.9 Å². The Kier molecular flexibility index (Phi) is 6.33. The van der Waals surface area contributed by atoms with Crippen molar-refractivity contribution in [3.63, 3.8) is 0 Å². The summed E-state index contributed by atoms with van der Waals surface area (Å²) >= 11 is 6.72. The molecule has 0 aliphatic heterocycles. The number of pyridine rings is 1. The van der Waals surface area contributed by atoms with E-state index < -0.39 is 0 Å². The molecular formula is C41H25ClN4O. The summed E-state index contributed by atoms with van der Waals surface area (Å²) in [5.74, 6) is 1.85. The van der Waals surface area contributed by atoms with Gasteiger partial charge in [0.25, 0.3) is 0 Å². The van der Waals surface area contributed by atoms with Crippen molar-refractivity contribution in [2.45, 2.75) is 6.92 Å². The molecular weight excluding hydrogens is 600 g/mol. The molecule has 0 aliphatic carbocycles. The number of hydrogen-bond acceptors (Lipinski definition) is 5. The lowest BCUT2D eigenvalue weighted by molar-refractivity contribution is 0.669. The van der Waals surface area contributed by atoms with Crippen molar-refractivity contribution in [1.29, 1.82) is 0 Å². The monoisotopic (exact) mass is 624 g/mol. The van der Waals surface area contributed by atoms with Crippen molar-refractivity contribution in [3.05, 3.63) is 144 Å². The summed E-state index contributed by atoms with van der Waals surface area (Å²) in [7, 11) is 0. The number of aryl methyl sites for hydroxylation is 1. The van der Waals surface area contributed by atoms with Crippen LogP contribution in [0.1, 0.15) is 5.56 Å². The van der Waals surface area contributed by atoms with Crippen LogP contribution in [-0.4, -0.2) is 19.9 Å². The molecule has 0 amide bonds. The molecule has 3 heterocycles. The topological polar surface area (TPSA) is 64.7 Å². The largest absolute Gasteiger partial charge is 0.454 e. The molecule has 0 fully saturated rings. The average Bonchev–Trinajstić information content (AvgIpc) is 3.50. The number of furan rings is 1. The molecule has 0 radical (unpaired) electrons. The van der Waals surface area contributed by atoms with Crippen LogP contribution in [0, 0.1) is 6.92 Å². The lowest BCUT2D eigenvalue weighted by Gasteiger charge is -2.14. The van der Waals surface area contributed by atoms with Gasteiger partial charge in [-0.05, 0) is 46.7 Å². The van der Waals surface area contributed by atoms with Gasteiger partial charge < -0.3 is 4.42 Å². The molecule has 6 heteroatoms. The first kappa shape index (κ1) is 27.4. The Labute approximate surface area is 275 Å². The van der Waals surface area contributed by atoms with E-state index in [4.69, 9.17) is 36.0 Å². The van der Waals surface area contributed by atoms with E-state index in [0.717, 1.165) is 71.4 Å².